The Labute approximate surface area is 139 Å². The van der Waals surface area contributed by atoms with E-state index in [4.69, 9.17) is 13.9 Å². The molecule has 0 aliphatic carbocycles. The quantitative estimate of drug-likeness (QED) is 0.660. The van der Waals surface area contributed by atoms with Gasteiger partial charge in [0, 0.05) is 5.56 Å². The third-order valence-corrected chi connectivity index (χ3v) is 3.86. The highest BCUT2D eigenvalue weighted by molar-refractivity contribution is 5.84. The highest BCUT2D eigenvalue weighted by atomic mass is 16.5. The van der Waals surface area contributed by atoms with Crippen LogP contribution < -0.4 is 14.9 Å². The minimum absolute atomic E-state index is 0.187. The molecule has 0 bridgehead atoms. The summed E-state index contributed by atoms with van der Waals surface area (Å²) in [6, 6.07) is 12.8. The van der Waals surface area contributed by atoms with E-state index in [1.807, 2.05) is 36.4 Å². The van der Waals surface area contributed by atoms with Crippen LogP contribution in [0.2, 0.25) is 0 Å². The molecule has 1 heterocycles. The molecule has 0 saturated heterocycles. The van der Waals surface area contributed by atoms with E-state index in [9.17, 15) is 4.79 Å². The van der Waals surface area contributed by atoms with E-state index in [1.165, 1.54) is 7.11 Å². The Kier molecular flexibility index (Phi) is 4.38. The summed E-state index contributed by atoms with van der Waals surface area (Å²) < 4.78 is 16.7. The van der Waals surface area contributed by atoms with Gasteiger partial charge < -0.3 is 13.9 Å². The van der Waals surface area contributed by atoms with Crippen molar-refractivity contribution >= 4 is 11.0 Å². The molecular formula is C20H18O4. The zero-order valence-corrected chi connectivity index (χ0v) is 13.7. The standard InChI is InChI=1S/C20H18O4/c1-4-7-13-8-6-11-16-17(21)20(23-3)19(24-18(13)16)14-9-5-10-15(12-14)22-2/h4-6,8-12H,1,7H2,2-3H3. The zero-order chi connectivity index (χ0) is 17.1. The lowest BCUT2D eigenvalue weighted by atomic mass is 10.1. The fraction of sp³-hybridized carbons (Fsp3) is 0.150. The van der Waals surface area contributed by atoms with E-state index < -0.39 is 0 Å². The molecule has 0 amide bonds. The molecule has 24 heavy (non-hydrogen) atoms. The lowest BCUT2D eigenvalue weighted by Gasteiger charge is -2.11. The number of benzene rings is 2. The first-order valence-electron chi connectivity index (χ1n) is 7.57. The summed E-state index contributed by atoms with van der Waals surface area (Å²) in [4.78, 5) is 12.8. The van der Waals surface area contributed by atoms with E-state index in [1.54, 1.807) is 19.3 Å². The molecule has 0 unspecified atom stereocenters. The van der Waals surface area contributed by atoms with Gasteiger partial charge in [-0.05, 0) is 30.2 Å². The molecule has 0 N–H and O–H groups in total. The molecule has 3 rings (SSSR count). The molecule has 4 nitrogen and oxygen atoms in total. The van der Waals surface area contributed by atoms with Gasteiger partial charge in [0.1, 0.15) is 11.3 Å². The molecule has 0 saturated carbocycles. The van der Waals surface area contributed by atoms with Crippen molar-refractivity contribution in [3.05, 3.63) is 70.9 Å². The van der Waals surface area contributed by atoms with E-state index in [2.05, 4.69) is 6.58 Å². The average Bonchev–Trinajstić information content (AvgIpc) is 2.62. The summed E-state index contributed by atoms with van der Waals surface area (Å²) in [5.74, 6) is 1.26. The molecule has 0 radical (unpaired) electrons. The molecule has 0 spiro atoms. The molecule has 4 heteroatoms. The van der Waals surface area contributed by atoms with Gasteiger partial charge in [0.25, 0.3) is 0 Å². The SMILES string of the molecule is C=CCc1cccc2c(=O)c(OC)c(-c3cccc(OC)c3)oc12. The van der Waals surface area contributed by atoms with Gasteiger partial charge in [0.15, 0.2) is 5.76 Å². The number of para-hydroxylation sites is 1. The maximum Gasteiger partial charge on any atom is 0.235 e. The highest BCUT2D eigenvalue weighted by Crippen LogP contribution is 2.33. The second-order valence-corrected chi connectivity index (χ2v) is 5.31. The van der Waals surface area contributed by atoms with Crippen LogP contribution in [0.3, 0.4) is 0 Å². The van der Waals surface area contributed by atoms with Crippen molar-refractivity contribution in [1.82, 2.24) is 0 Å². The van der Waals surface area contributed by atoms with Gasteiger partial charge in [-0.2, -0.15) is 0 Å². The van der Waals surface area contributed by atoms with Gasteiger partial charge in [-0.15, -0.1) is 6.58 Å². The van der Waals surface area contributed by atoms with Gasteiger partial charge in [-0.25, -0.2) is 0 Å². The number of rotatable bonds is 5. The Morgan fingerprint density at radius 3 is 2.62 bits per heavy atom. The average molecular weight is 322 g/mol. The first kappa shape index (κ1) is 15.9. The molecule has 2 aromatic carbocycles. The van der Waals surface area contributed by atoms with Gasteiger partial charge >= 0.3 is 0 Å². The van der Waals surface area contributed by atoms with Crippen LogP contribution >= 0.6 is 0 Å². The van der Waals surface area contributed by atoms with Crippen molar-refractivity contribution < 1.29 is 13.9 Å². The molecule has 0 aliphatic heterocycles. The Hall–Kier alpha value is -3.01. The Bertz CT molecular complexity index is 954. The minimum atomic E-state index is -0.192. The Morgan fingerprint density at radius 1 is 1.12 bits per heavy atom. The lowest BCUT2D eigenvalue weighted by Crippen LogP contribution is -2.08. The summed E-state index contributed by atoms with van der Waals surface area (Å²) in [6.07, 6.45) is 2.40. The van der Waals surface area contributed by atoms with Gasteiger partial charge in [-0.3, -0.25) is 4.79 Å². The van der Waals surface area contributed by atoms with Crippen LogP contribution in [0.5, 0.6) is 11.5 Å². The number of fused-ring (bicyclic) bond motifs is 1. The van der Waals surface area contributed by atoms with Gasteiger partial charge in [0.05, 0.1) is 19.6 Å². The topological polar surface area (TPSA) is 48.7 Å². The Morgan fingerprint density at radius 2 is 1.92 bits per heavy atom. The summed E-state index contributed by atoms with van der Waals surface area (Å²) >= 11 is 0. The molecule has 0 fully saturated rings. The predicted molar refractivity (Wildman–Crippen MR) is 94.9 cm³/mol. The Balaban J connectivity index is 2.35. The van der Waals surface area contributed by atoms with Gasteiger partial charge in [-0.1, -0.05) is 30.3 Å². The van der Waals surface area contributed by atoms with Crippen molar-refractivity contribution in [2.75, 3.05) is 14.2 Å². The number of allylic oxidation sites excluding steroid dienone is 1. The fourth-order valence-corrected chi connectivity index (χ4v) is 2.71. The van der Waals surface area contributed by atoms with Crippen LogP contribution in [0.4, 0.5) is 0 Å². The van der Waals surface area contributed by atoms with E-state index >= 15 is 0 Å². The smallest absolute Gasteiger partial charge is 0.235 e. The minimum Gasteiger partial charge on any atom is -0.497 e. The molecule has 3 aromatic rings. The fourth-order valence-electron chi connectivity index (χ4n) is 2.71. The van der Waals surface area contributed by atoms with Crippen molar-refractivity contribution in [3.63, 3.8) is 0 Å². The van der Waals surface area contributed by atoms with Crippen LogP contribution in [0, 0.1) is 0 Å². The number of hydrogen-bond acceptors (Lipinski definition) is 4. The number of methoxy groups -OCH3 is 2. The third kappa shape index (κ3) is 2.67. The zero-order valence-electron chi connectivity index (χ0n) is 13.7. The van der Waals surface area contributed by atoms with Crippen LogP contribution in [0.25, 0.3) is 22.3 Å². The van der Waals surface area contributed by atoms with E-state index in [0.29, 0.717) is 28.9 Å². The first-order chi connectivity index (χ1) is 11.7. The summed E-state index contributed by atoms with van der Waals surface area (Å²) in [6.45, 7) is 3.76. The summed E-state index contributed by atoms with van der Waals surface area (Å²) in [5.41, 5.74) is 1.99. The molecule has 0 aliphatic rings. The maximum absolute atomic E-state index is 12.8. The monoisotopic (exact) mass is 322 g/mol. The third-order valence-electron chi connectivity index (χ3n) is 3.86. The van der Waals surface area contributed by atoms with Crippen molar-refractivity contribution in [2.45, 2.75) is 6.42 Å². The first-order valence-corrected chi connectivity index (χ1v) is 7.57. The maximum atomic E-state index is 12.8. The largest absolute Gasteiger partial charge is 0.497 e. The summed E-state index contributed by atoms with van der Waals surface area (Å²) in [5, 5.41) is 0.498. The molecule has 122 valence electrons. The summed E-state index contributed by atoms with van der Waals surface area (Å²) in [7, 11) is 3.06. The number of ether oxygens (including phenoxy) is 2. The predicted octanol–water partition coefficient (Wildman–Crippen LogP) is 4.21. The lowest BCUT2D eigenvalue weighted by molar-refractivity contribution is 0.398. The van der Waals surface area contributed by atoms with Crippen LogP contribution in [0.15, 0.2) is 64.3 Å². The van der Waals surface area contributed by atoms with E-state index in [0.717, 1.165) is 11.1 Å². The second kappa shape index (κ2) is 6.62. The number of hydrogen-bond donors (Lipinski definition) is 0. The van der Waals surface area contributed by atoms with Crippen molar-refractivity contribution in [1.29, 1.82) is 0 Å². The van der Waals surface area contributed by atoms with Crippen LogP contribution in [-0.4, -0.2) is 14.2 Å². The van der Waals surface area contributed by atoms with Crippen molar-refractivity contribution in [2.24, 2.45) is 0 Å². The second-order valence-electron chi connectivity index (χ2n) is 5.31. The molecule has 0 atom stereocenters. The van der Waals surface area contributed by atoms with Crippen LogP contribution in [-0.2, 0) is 6.42 Å². The van der Waals surface area contributed by atoms with E-state index in [-0.39, 0.29) is 11.2 Å². The van der Waals surface area contributed by atoms with Crippen LogP contribution in [0.1, 0.15) is 5.56 Å². The highest BCUT2D eigenvalue weighted by Gasteiger charge is 2.18. The van der Waals surface area contributed by atoms with Crippen molar-refractivity contribution in [3.8, 4) is 22.8 Å². The van der Waals surface area contributed by atoms with Gasteiger partial charge in [0.2, 0.25) is 11.2 Å². The normalized spacial score (nSPS) is 10.6. The molecular weight excluding hydrogens is 304 g/mol. The molecule has 1 aromatic heterocycles.